The summed E-state index contributed by atoms with van der Waals surface area (Å²) in [5.41, 5.74) is 20.2. The van der Waals surface area contributed by atoms with Gasteiger partial charge in [0.15, 0.2) is 0 Å². The van der Waals surface area contributed by atoms with Crippen molar-refractivity contribution in [1.29, 1.82) is 0 Å². The number of fused-ring (bicyclic) bond motifs is 1. The Kier molecular flexibility index (Phi) is 7.01. The number of aryl methyl sites for hydroxylation is 1. The summed E-state index contributed by atoms with van der Waals surface area (Å²) in [6.07, 6.45) is 8.84. The second kappa shape index (κ2) is 10.1. The molecule has 1 saturated carbocycles. The van der Waals surface area contributed by atoms with Gasteiger partial charge in [-0.1, -0.05) is 57.2 Å². The third-order valence-corrected chi connectivity index (χ3v) is 9.35. The van der Waals surface area contributed by atoms with Crippen LogP contribution in [0, 0.1) is 5.41 Å². The summed E-state index contributed by atoms with van der Waals surface area (Å²) in [5, 5.41) is 8.65. The fourth-order valence-corrected chi connectivity index (χ4v) is 6.11. The molecule has 0 saturated heterocycles. The van der Waals surface area contributed by atoms with E-state index in [2.05, 4.69) is 81.9 Å². The van der Waals surface area contributed by atoms with Gasteiger partial charge < -0.3 is 16.8 Å². The summed E-state index contributed by atoms with van der Waals surface area (Å²) in [4.78, 5) is 6.10. The lowest BCUT2D eigenvalue weighted by Gasteiger charge is -2.39. The summed E-state index contributed by atoms with van der Waals surface area (Å²) in [6, 6.07) is 19.0. The molecule has 1 aliphatic carbocycles. The monoisotopic (exact) mass is 526 g/mol. The smallest absolute Gasteiger partial charge is 0.135 e. The van der Waals surface area contributed by atoms with Crippen LogP contribution in [-0.4, -0.2) is 33.3 Å². The minimum absolute atomic E-state index is 0.119. The van der Waals surface area contributed by atoms with E-state index in [1.807, 2.05) is 28.9 Å². The topological polar surface area (TPSA) is 93.7 Å². The number of anilines is 1. The lowest BCUT2D eigenvalue weighted by Crippen LogP contribution is -2.51. The van der Waals surface area contributed by atoms with Gasteiger partial charge in [-0.2, -0.15) is 5.10 Å². The number of amidine groups is 1. The zero-order valence-corrected chi connectivity index (χ0v) is 23.8. The van der Waals surface area contributed by atoms with Gasteiger partial charge in [-0.05, 0) is 61.8 Å². The van der Waals surface area contributed by atoms with E-state index in [0.717, 1.165) is 52.8 Å². The first-order valence-electron chi connectivity index (χ1n) is 13.3. The van der Waals surface area contributed by atoms with Crippen LogP contribution < -0.4 is 16.8 Å². The van der Waals surface area contributed by atoms with Crippen LogP contribution in [0.3, 0.4) is 0 Å². The number of para-hydroxylation sites is 1. The number of rotatable bonds is 7. The molecule has 0 bridgehead atoms. The number of benzene rings is 2. The van der Waals surface area contributed by atoms with Crippen LogP contribution >= 0.6 is 11.8 Å². The van der Waals surface area contributed by atoms with Crippen LogP contribution in [0.4, 0.5) is 11.4 Å². The minimum Gasteiger partial charge on any atom is -0.383 e. The normalized spacial score (nSPS) is 21.2. The van der Waals surface area contributed by atoms with Gasteiger partial charge in [0.2, 0.25) is 0 Å². The molecule has 7 heteroatoms. The molecule has 1 aliphatic rings. The van der Waals surface area contributed by atoms with Gasteiger partial charge in [0.05, 0.1) is 28.7 Å². The van der Waals surface area contributed by atoms with Crippen LogP contribution in [-0.2, 0) is 6.42 Å². The predicted octanol–water partition coefficient (Wildman–Crippen LogP) is 6.64. The number of nitrogens with two attached hydrogens (primary N) is 2. The molecule has 2 heterocycles. The highest BCUT2D eigenvalue weighted by Crippen LogP contribution is 2.46. The Balaban J connectivity index is 1.67. The number of nitrogens with one attached hydrogen (secondary N) is 1. The molecule has 0 aliphatic heterocycles. The fourth-order valence-electron chi connectivity index (χ4n) is 5.49. The zero-order valence-electron chi connectivity index (χ0n) is 23.0. The predicted molar refractivity (Wildman–Crippen MR) is 162 cm³/mol. The Hall–Kier alpha value is -3.29. The third-order valence-electron chi connectivity index (χ3n) is 8.56. The number of hydrogen-bond donors (Lipinski definition) is 3. The maximum atomic E-state index is 6.75. The van der Waals surface area contributed by atoms with E-state index < -0.39 is 0 Å². The highest BCUT2D eigenvalue weighted by molar-refractivity contribution is 7.98. The van der Waals surface area contributed by atoms with E-state index in [4.69, 9.17) is 21.6 Å². The zero-order chi connectivity index (χ0) is 27.1. The van der Waals surface area contributed by atoms with Crippen LogP contribution in [0.5, 0.6) is 0 Å². The first-order chi connectivity index (χ1) is 18.2. The van der Waals surface area contributed by atoms with Crippen molar-refractivity contribution >= 4 is 34.5 Å². The van der Waals surface area contributed by atoms with Gasteiger partial charge in [-0.25, -0.2) is 9.51 Å². The van der Waals surface area contributed by atoms with Crippen molar-refractivity contribution < 1.29 is 0 Å². The summed E-state index contributed by atoms with van der Waals surface area (Å²) >= 11 is 1.74. The van der Waals surface area contributed by atoms with Crippen molar-refractivity contribution in [2.45, 2.75) is 63.4 Å². The van der Waals surface area contributed by atoms with Crippen molar-refractivity contribution in [2.24, 2.45) is 21.9 Å². The Morgan fingerprint density at radius 2 is 1.89 bits per heavy atom. The molecule has 2 aromatic carbocycles. The average Bonchev–Trinajstić information content (AvgIpc) is 3.43. The van der Waals surface area contributed by atoms with Crippen LogP contribution in [0.25, 0.3) is 16.6 Å². The van der Waals surface area contributed by atoms with E-state index in [0.29, 0.717) is 5.84 Å². The minimum atomic E-state index is -0.266. The third kappa shape index (κ3) is 4.58. The molecule has 1 fully saturated rings. The van der Waals surface area contributed by atoms with Crippen molar-refractivity contribution in [3.05, 3.63) is 78.1 Å². The molecule has 198 valence electrons. The molecular weight excluding hydrogens is 488 g/mol. The van der Waals surface area contributed by atoms with Crippen LogP contribution in [0.15, 0.2) is 76.9 Å². The standard InChI is InChI=1S/C31H38N6S/c1-6-20-11-7-9-13-24(20)35-29(32)23-18-34-37-19-21(22-12-8-10-14-26(22)38-5)17-25(37)28(23)36-27-15-16-31(4,33)30(27,2)3/h7-14,17-19,27,36H,6,15-16,33H2,1-5H3,(H2,32,35)/t27-,31+/m1/s1. The Morgan fingerprint density at radius 1 is 1.16 bits per heavy atom. The molecule has 0 unspecified atom stereocenters. The van der Waals surface area contributed by atoms with Crippen molar-refractivity contribution in [2.75, 3.05) is 11.6 Å². The molecule has 38 heavy (non-hydrogen) atoms. The fraction of sp³-hybridized carbons (Fsp3) is 0.355. The quantitative estimate of drug-likeness (QED) is 0.143. The van der Waals surface area contributed by atoms with Gasteiger partial charge in [0.1, 0.15) is 5.84 Å². The number of aliphatic imine (C=N–C) groups is 1. The molecule has 4 aromatic rings. The van der Waals surface area contributed by atoms with E-state index in [-0.39, 0.29) is 17.0 Å². The molecule has 5 N–H and O–H groups in total. The summed E-state index contributed by atoms with van der Waals surface area (Å²) in [6.45, 7) is 8.79. The Bertz CT molecular complexity index is 1500. The van der Waals surface area contributed by atoms with Gasteiger partial charge in [0.25, 0.3) is 0 Å². The summed E-state index contributed by atoms with van der Waals surface area (Å²) in [5.74, 6) is 0.446. The first kappa shape index (κ1) is 26.3. The number of aromatic nitrogens is 2. The number of hydrogen-bond acceptors (Lipinski definition) is 5. The molecule has 2 aromatic heterocycles. The van der Waals surface area contributed by atoms with Gasteiger partial charge in [-0.15, -0.1) is 11.8 Å². The lowest BCUT2D eigenvalue weighted by molar-refractivity contribution is 0.215. The molecule has 0 radical (unpaired) electrons. The largest absolute Gasteiger partial charge is 0.383 e. The van der Waals surface area contributed by atoms with E-state index in [9.17, 15) is 0 Å². The van der Waals surface area contributed by atoms with Gasteiger partial charge >= 0.3 is 0 Å². The maximum Gasteiger partial charge on any atom is 0.135 e. The molecular formula is C31H38N6S. The lowest BCUT2D eigenvalue weighted by atomic mass is 9.75. The van der Waals surface area contributed by atoms with Crippen molar-refractivity contribution in [3.63, 3.8) is 0 Å². The summed E-state index contributed by atoms with van der Waals surface area (Å²) < 4.78 is 1.94. The average molecular weight is 527 g/mol. The van der Waals surface area contributed by atoms with Gasteiger partial charge in [0, 0.05) is 33.7 Å². The molecule has 6 nitrogen and oxygen atoms in total. The van der Waals surface area contributed by atoms with E-state index >= 15 is 0 Å². The SMILES string of the molecule is CCc1ccccc1N=C(N)c1cnn2cc(-c3ccccc3SC)cc2c1N[C@@H]1CC[C@](C)(N)C1(C)C. The van der Waals surface area contributed by atoms with Crippen LogP contribution in [0.1, 0.15) is 51.7 Å². The van der Waals surface area contributed by atoms with Crippen molar-refractivity contribution in [1.82, 2.24) is 9.61 Å². The second-order valence-corrected chi connectivity index (χ2v) is 11.9. The molecule has 2 atom stereocenters. The summed E-state index contributed by atoms with van der Waals surface area (Å²) in [7, 11) is 0. The van der Waals surface area contributed by atoms with E-state index in [1.165, 1.54) is 10.5 Å². The molecule has 0 amide bonds. The van der Waals surface area contributed by atoms with Gasteiger partial charge in [-0.3, -0.25) is 0 Å². The van der Waals surface area contributed by atoms with E-state index in [1.54, 1.807) is 11.8 Å². The number of thioether (sulfide) groups is 1. The molecule has 0 spiro atoms. The Labute approximate surface area is 229 Å². The highest BCUT2D eigenvalue weighted by atomic mass is 32.2. The van der Waals surface area contributed by atoms with Crippen molar-refractivity contribution in [3.8, 4) is 11.1 Å². The van der Waals surface area contributed by atoms with Crippen LogP contribution in [0.2, 0.25) is 0 Å². The highest BCUT2D eigenvalue weighted by Gasteiger charge is 2.49. The Morgan fingerprint density at radius 3 is 2.61 bits per heavy atom. The molecule has 5 rings (SSSR count). The first-order valence-corrected chi connectivity index (χ1v) is 14.5. The number of nitrogens with zero attached hydrogens (tertiary/aromatic N) is 3. The maximum absolute atomic E-state index is 6.75. The second-order valence-electron chi connectivity index (χ2n) is 11.0.